The molecule has 0 aliphatic heterocycles. The Hall–Kier alpha value is -0.720. The molecule has 1 aliphatic carbocycles. The second kappa shape index (κ2) is 4.51. The van der Waals surface area contributed by atoms with E-state index in [1.807, 2.05) is 6.20 Å². The van der Waals surface area contributed by atoms with Gasteiger partial charge in [0, 0.05) is 11.9 Å². The highest BCUT2D eigenvalue weighted by Crippen LogP contribution is 2.49. The summed E-state index contributed by atoms with van der Waals surface area (Å²) < 4.78 is 0. The average molecular weight is 233 g/mol. The molecule has 1 aromatic heterocycles. The van der Waals surface area contributed by atoms with Gasteiger partial charge in [0.25, 0.3) is 0 Å². The van der Waals surface area contributed by atoms with Crippen LogP contribution in [0.4, 0.5) is 0 Å². The normalized spacial score (nSPS) is 23.8. The minimum Gasteiger partial charge on any atom is -0.365 e. The molecule has 1 aromatic rings. The Morgan fingerprint density at radius 1 is 1.18 bits per heavy atom. The van der Waals surface area contributed by atoms with Gasteiger partial charge < -0.3 is 4.98 Å². The molecule has 0 saturated heterocycles. The molecule has 1 nitrogen and oxygen atoms in total. The van der Waals surface area contributed by atoms with Gasteiger partial charge in [0.05, 0.1) is 0 Å². The van der Waals surface area contributed by atoms with Gasteiger partial charge in [-0.3, -0.25) is 0 Å². The lowest BCUT2D eigenvalue weighted by Crippen LogP contribution is -2.34. The van der Waals surface area contributed by atoms with Crippen molar-refractivity contribution in [3.63, 3.8) is 0 Å². The van der Waals surface area contributed by atoms with E-state index in [0.29, 0.717) is 10.8 Å². The van der Waals surface area contributed by atoms with Crippen LogP contribution in [-0.4, -0.2) is 4.98 Å². The van der Waals surface area contributed by atoms with Crippen LogP contribution in [0.1, 0.15) is 59.1 Å². The number of nitrogens with one attached hydrogen (secondary N) is 1. The number of aromatic nitrogens is 1. The molecule has 0 amide bonds. The lowest BCUT2D eigenvalue weighted by atomic mass is 9.61. The van der Waals surface area contributed by atoms with E-state index in [0.717, 1.165) is 5.92 Å². The number of hydrogen-bond donors (Lipinski definition) is 1. The SMILES string of the molecule is CC1(C)CC(CCc2ccc[nH]2)CC(C)(C)C1. The molecular weight excluding hydrogens is 206 g/mol. The fourth-order valence-electron chi connectivity index (χ4n) is 4.16. The summed E-state index contributed by atoms with van der Waals surface area (Å²) in [7, 11) is 0. The molecule has 0 aromatic carbocycles. The first kappa shape index (κ1) is 12.7. The van der Waals surface area contributed by atoms with Gasteiger partial charge in [-0.05, 0) is 61.0 Å². The first-order chi connectivity index (χ1) is 7.86. The van der Waals surface area contributed by atoms with Crippen molar-refractivity contribution in [2.75, 3.05) is 0 Å². The quantitative estimate of drug-likeness (QED) is 0.772. The lowest BCUT2D eigenvalue weighted by molar-refractivity contribution is 0.0639. The summed E-state index contributed by atoms with van der Waals surface area (Å²) in [5.41, 5.74) is 2.45. The van der Waals surface area contributed by atoms with E-state index in [1.165, 1.54) is 37.8 Å². The van der Waals surface area contributed by atoms with Crippen LogP contribution in [0.25, 0.3) is 0 Å². The average Bonchev–Trinajstić information content (AvgIpc) is 2.61. The summed E-state index contributed by atoms with van der Waals surface area (Å²) in [5, 5.41) is 0. The van der Waals surface area contributed by atoms with E-state index < -0.39 is 0 Å². The Kier molecular flexibility index (Phi) is 3.38. The van der Waals surface area contributed by atoms with Gasteiger partial charge >= 0.3 is 0 Å². The molecule has 2 rings (SSSR count). The van der Waals surface area contributed by atoms with Gasteiger partial charge in [0.15, 0.2) is 0 Å². The summed E-state index contributed by atoms with van der Waals surface area (Å²) in [6.07, 6.45) is 8.76. The molecule has 0 radical (unpaired) electrons. The van der Waals surface area contributed by atoms with Crippen molar-refractivity contribution in [3.8, 4) is 0 Å². The van der Waals surface area contributed by atoms with E-state index in [9.17, 15) is 0 Å². The molecule has 0 bridgehead atoms. The van der Waals surface area contributed by atoms with Crippen LogP contribution in [0, 0.1) is 16.7 Å². The van der Waals surface area contributed by atoms with Crippen LogP contribution in [0.15, 0.2) is 18.3 Å². The molecule has 0 spiro atoms. The van der Waals surface area contributed by atoms with Gasteiger partial charge in [-0.25, -0.2) is 0 Å². The Morgan fingerprint density at radius 3 is 2.35 bits per heavy atom. The van der Waals surface area contributed by atoms with Crippen LogP contribution in [0.3, 0.4) is 0 Å². The number of H-pyrrole nitrogens is 1. The van der Waals surface area contributed by atoms with Gasteiger partial charge in [-0.1, -0.05) is 27.7 Å². The van der Waals surface area contributed by atoms with Crippen LogP contribution in [0.2, 0.25) is 0 Å². The molecule has 1 saturated carbocycles. The molecule has 1 heterocycles. The van der Waals surface area contributed by atoms with Gasteiger partial charge in [0.1, 0.15) is 0 Å². The highest BCUT2D eigenvalue weighted by atomic mass is 14.7. The smallest absolute Gasteiger partial charge is 0.0147 e. The van der Waals surface area contributed by atoms with Crippen molar-refractivity contribution < 1.29 is 0 Å². The zero-order chi connectivity index (χ0) is 12.5. The maximum absolute atomic E-state index is 3.32. The molecule has 1 heteroatoms. The van der Waals surface area contributed by atoms with Crippen molar-refractivity contribution >= 4 is 0 Å². The maximum atomic E-state index is 3.32. The minimum absolute atomic E-state index is 0.530. The van der Waals surface area contributed by atoms with Crippen molar-refractivity contribution in [1.29, 1.82) is 0 Å². The van der Waals surface area contributed by atoms with E-state index in [1.54, 1.807) is 0 Å². The topological polar surface area (TPSA) is 15.8 Å². The first-order valence-electron chi connectivity index (χ1n) is 6.99. The van der Waals surface area contributed by atoms with Crippen molar-refractivity contribution in [3.05, 3.63) is 24.0 Å². The molecule has 1 fully saturated rings. The highest BCUT2D eigenvalue weighted by molar-refractivity contribution is 5.04. The van der Waals surface area contributed by atoms with Crippen molar-refractivity contribution in [1.82, 2.24) is 4.98 Å². The Bertz CT molecular complexity index is 330. The van der Waals surface area contributed by atoms with Gasteiger partial charge in [0.2, 0.25) is 0 Å². The van der Waals surface area contributed by atoms with E-state index in [2.05, 4.69) is 44.8 Å². The molecule has 1 N–H and O–H groups in total. The summed E-state index contributed by atoms with van der Waals surface area (Å²) in [5.74, 6) is 0.900. The number of aryl methyl sites for hydroxylation is 1. The third-order valence-corrected chi connectivity index (χ3v) is 4.12. The predicted molar refractivity (Wildman–Crippen MR) is 74.0 cm³/mol. The maximum Gasteiger partial charge on any atom is 0.0147 e. The second-order valence-corrected chi connectivity index (χ2v) is 7.51. The van der Waals surface area contributed by atoms with Crippen LogP contribution < -0.4 is 0 Å². The standard InChI is InChI=1S/C16H27N/c1-15(2)10-13(11-16(3,4)12-15)7-8-14-6-5-9-17-14/h5-6,9,13,17H,7-8,10-12H2,1-4H3. The predicted octanol–water partition coefficient (Wildman–Crippen LogP) is 4.80. The number of hydrogen-bond acceptors (Lipinski definition) is 0. The molecule has 0 unspecified atom stereocenters. The van der Waals surface area contributed by atoms with E-state index in [4.69, 9.17) is 0 Å². The van der Waals surface area contributed by atoms with Gasteiger partial charge in [-0.2, -0.15) is 0 Å². The Morgan fingerprint density at radius 2 is 1.82 bits per heavy atom. The summed E-state index contributed by atoms with van der Waals surface area (Å²) >= 11 is 0. The Labute approximate surface area is 106 Å². The van der Waals surface area contributed by atoms with E-state index in [-0.39, 0.29) is 0 Å². The van der Waals surface area contributed by atoms with Crippen LogP contribution >= 0.6 is 0 Å². The van der Waals surface area contributed by atoms with Gasteiger partial charge in [-0.15, -0.1) is 0 Å². The monoisotopic (exact) mass is 233 g/mol. The van der Waals surface area contributed by atoms with Crippen molar-refractivity contribution in [2.45, 2.75) is 59.8 Å². The van der Waals surface area contributed by atoms with Crippen LogP contribution in [0.5, 0.6) is 0 Å². The molecule has 1 aliphatic rings. The second-order valence-electron chi connectivity index (χ2n) is 7.51. The molecule has 17 heavy (non-hydrogen) atoms. The molecule has 96 valence electrons. The van der Waals surface area contributed by atoms with Crippen molar-refractivity contribution in [2.24, 2.45) is 16.7 Å². The molecule has 0 atom stereocenters. The van der Waals surface area contributed by atoms with Crippen LogP contribution in [-0.2, 0) is 6.42 Å². The van der Waals surface area contributed by atoms with E-state index >= 15 is 0 Å². The number of rotatable bonds is 3. The number of aromatic amines is 1. The summed E-state index contributed by atoms with van der Waals surface area (Å²) in [6.45, 7) is 9.76. The largest absolute Gasteiger partial charge is 0.365 e. The zero-order valence-corrected chi connectivity index (χ0v) is 11.8. The Balaban J connectivity index is 1.92. The zero-order valence-electron chi connectivity index (χ0n) is 11.8. The summed E-state index contributed by atoms with van der Waals surface area (Å²) in [6, 6.07) is 4.31. The third kappa shape index (κ3) is 3.62. The summed E-state index contributed by atoms with van der Waals surface area (Å²) in [4.78, 5) is 3.32. The molecular formula is C16H27N. The fourth-order valence-corrected chi connectivity index (χ4v) is 4.16. The first-order valence-corrected chi connectivity index (χ1v) is 6.99. The highest BCUT2D eigenvalue weighted by Gasteiger charge is 2.37. The minimum atomic E-state index is 0.530. The lowest BCUT2D eigenvalue weighted by Gasteiger charge is -2.45. The third-order valence-electron chi connectivity index (χ3n) is 4.12. The fraction of sp³-hybridized carbons (Fsp3) is 0.750.